The highest BCUT2D eigenvalue weighted by atomic mass is 32.1. The zero-order valence-corrected chi connectivity index (χ0v) is 2.67. The predicted octanol–water partition coefficient (Wildman–Crippen LogP) is 1.77. The fourth-order valence-corrected chi connectivity index (χ4v) is 0. The summed E-state index contributed by atoms with van der Waals surface area (Å²) in [5.74, 6) is -2.47. The summed E-state index contributed by atoms with van der Waals surface area (Å²) >= 11 is 2.63. The van der Waals surface area contributed by atoms with Gasteiger partial charge in [0, 0.05) is 0 Å². The molecule has 0 aliphatic rings. The van der Waals surface area contributed by atoms with E-state index in [-0.39, 0.29) is 7.43 Å². The van der Waals surface area contributed by atoms with Gasteiger partial charge in [-0.2, -0.15) is 8.78 Å². The van der Waals surface area contributed by atoms with Crippen LogP contribution in [0.3, 0.4) is 0 Å². The lowest BCUT2D eigenvalue weighted by Crippen LogP contribution is -1.62. The number of rotatable bonds is 0. The van der Waals surface area contributed by atoms with E-state index in [9.17, 15) is 8.78 Å². The Morgan fingerprint density at radius 3 is 1.40 bits per heavy atom. The monoisotopic (exact) mass is 100 g/mol. The summed E-state index contributed by atoms with van der Waals surface area (Å²) in [5, 5.41) is 0. The highest BCUT2D eigenvalue weighted by Crippen LogP contribution is 1.92. The Hall–Kier alpha value is 0.210. The van der Waals surface area contributed by atoms with E-state index in [1.54, 1.807) is 0 Å². The predicted molar refractivity (Wildman–Crippen MR) is 21.7 cm³/mol. The van der Waals surface area contributed by atoms with Crippen molar-refractivity contribution < 1.29 is 8.78 Å². The third kappa shape index (κ3) is 466. The molecule has 0 bridgehead atoms. The van der Waals surface area contributed by atoms with Gasteiger partial charge in [-0.15, -0.1) is 12.6 Å². The summed E-state index contributed by atoms with van der Waals surface area (Å²) in [6, 6.07) is 0. The first kappa shape index (κ1) is 8.96. The minimum atomic E-state index is -2.47. The molecule has 0 atom stereocenters. The van der Waals surface area contributed by atoms with Gasteiger partial charge in [0.2, 0.25) is 0 Å². The van der Waals surface area contributed by atoms with Crippen molar-refractivity contribution in [2.75, 3.05) is 0 Å². The molecular formula is C2H6F2S. The topological polar surface area (TPSA) is 0 Å². The van der Waals surface area contributed by atoms with Gasteiger partial charge >= 0.3 is 0 Å². The van der Waals surface area contributed by atoms with Crippen molar-refractivity contribution in [2.24, 2.45) is 0 Å². The Labute approximate surface area is 35.6 Å². The highest BCUT2D eigenvalue weighted by molar-refractivity contribution is 7.80. The van der Waals surface area contributed by atoms with E-state index in [1.165, 1.54) is 0 Å². The van der Waals surface area contributed by atoms with Gasteiger partial charge in [0.15, 0.2) is 0 Å². The van der Waals surface area contributed by atoms with E-state index < -0.39 is 5.76 Å². The maximum atomic E-state index is 10.2. The number of halogens is 2. The highest BCUT2D eigenvalue weighted by Gasteiger charge is 1.80. The number of hydrogen-bond acceptors (Lipinski definition) is 1. The molecule has 0 aromatic carbocycles. The van der Waals surface area contributed by atoms with E-state index in [0.29, 0.717) is 0 Å². The zero-order chi connectivity index (χ0) is 3.58. The van der Waals surface area contributed by atoms with Crippen molar-refractivity contribution in [3.05, 3.63) is 0 Å². The average Bonchev–Trinajstić information content (AvgIpc) is 0.811. The van der Waals surface area contributed by atoms with Crippen LogP contribution in [-0.4, -0.2) is 5.76 Å². The zero-order valence-electron chi connectivity index (χ0n) is 1.78. The van der Waals surface area contributed by atoms with Crippen LogP contribution in [0.5, 0.6) is 0 Å². The molecule has 0 amide bonds. The lowest BCUT2D eigenvalue weighted by Gasteiger charge is -1.69. The van der Waals surface area contributed by atoms with E-state index in [2.05, 4.69) is 12.6 Å². The van der Waals surface area contributed by atoms with Crippen molar-refractivity contribution in [1.82, 2.24) is 0 Å². The van der Waals surface area contributed by atoms with Crippen molar-refractivity contribution in [3.63, 3.8) is 0 Å². The summed E-state index contributed by atoms with van der Waals surface area (Å²) in [5.41, 5.74) is 0. The first-order valence-corrected chi connectivity index (χ1v) is 1.21. The summed E-state index contributed by atoms with van der Waals surface area (Å²) in [4.78, 5) is 0. The van der Waals surface area contributed by atoms with E-state index in [4.69, 9.17) is 0 Å². The van der Waals surface area contributed by atoms with E-state index in [0.717, 1.165) is 0 Å². The first-order chi connectivity index (χ1) is 1.73. The molecular weight excluding hydrogens is 94.1 g/mol. The van der Waals surface area contributed by atoms with Gasteiger partial charge in [0.25, 0.3) is 5.76 Å². The Morgan fingerprint density at radius 1 is 1.40 bits per heavy atom. The average molecular weight is 100 g/mol. The molecule has 0 N–H and O–H groups in total. The molecule has 0 saturated carbocycles. The lowest BCUT2D eigenvalue weighted by atomic mass is 11.7. The van der Waals surface area contributed by atoms with Crippen LogP contribution in [0.25, 0.3) is 0 Å². The number of alkyl halides is 2. The first-order valence-electron chi connectivity index (χ1n) is 0.695. The van der Waals surface area contributed by atoms with Crippen LogP contribution in [-0.2, 0) is 0 Å². The summed E-state index contributed by atoms with van der Waals surface area (Å²) in [7, 11) is 0. The van der Waals surface area contributed by atoms with Gasteiger partial charge in [-0.1, -0.05) is 7.43 Å². The van der Waals surface area contributed by atoms with Crippen LogP contribution in [0.1, 0.15) is 7.43 Å². The molecule has 0 aromatic rings. The third-order valence-electron chi connectivity index (χ3n) is 0. The molecule has 0 heterocycles. The van der Waals surface area contributed by atoms with Crippen molar-refractivity contribution in [3.8, 4) is 0 Å². The van der Waals surface area contributed by atoms with Gasteiger partial charge in [-0.05, 0) is 0 Å². The Bertz CT molecular complexity index is 12.4. The molecule has 0 unspecified atom stereocenters. The van der Waals surface area contributed by atoms with Crippen molar-refractivity contribution in [1.29, 1.82) is 0 Å². The van der Waals surface area contributed by atoms with Crippen LogP contribution in [0.4, 0.5) is 8.78 Å². The SMILES string of the molecule is C.FC(F)S. The maximum absolute atomic E-state index is 10.2. The quantitative estimate of drug-likeness (QED) is 0.441. The molecule has 5 heavy (non-hydrogen) atoms. The third-order valence-corrected chi connectivity index (χ3v) is 0. The van der Waals surface area contributed by atoms with Crippen molar-refractivity contribution in [2.45, 2.75) is 13.2 Å². The molecule has 0 radical (unpaired) electrons. The van der Waals surface area contributed by atoms with Crippen LogP contribution >= 0.6 is 12.6 Å². The van der Waals surface area contributed by atoms with E-state index in [1.807, 2.05) is 0 Å². The number of hydrogen-bond donors (Lipinski definition) is 1. The normalized spacial score (nSPS) is 7.20. The summed E-state index contributed by atoms with van der Waals surface area (Å²) < 4.78 is 20.4. The second-order valence-corrected chi connectivity index (χ2v) is 0.668. The second-order valence-electron chi connectivity index (χ2n) is 0.278. The second kappa shape index (κ2) is 4.21. The van der Waals surface area contributed by atoms with Crippen LogP contribution in [0, 0.1) is 0 Å². The fourth-order valence-electron chi connectivity index (χ4n) is 0. The van der Waals surface area contributed by atoms with Gasteiger partial charge in [-0.3, -0.25) is 0 Å². The van der Waals surface area contributed by atoms with Gasteiger partial charge in [-0.25, -0.2) is 0 Å². The Morgan fingerprint density at radius 2 is 1.40 bits per heavy atom. The van der Waals surface area contributed by atoms with Gasteiger partial charge in [0.1, 0.15) is 0 Å². The largest absolute Gasteiger partial charge is 0.281 e. The fraction of sp³-hybridized carbons (Fsp3) is 1.00. The summed E-state index contributed by atoms with van der Waals surface area (Å²) in [6.07, 6.45) is 0. The maximum Gasteiger partial charge on any atom is 0.281 e. The minimum absolute atomic E-state index is 0. The van der Waals surface area contributed by atoms with Crippen LogP contribution in [0.2, 0.25) is 0 Å². The molecule has 0 aromatic heterocycles. The molecule has 3 heteroatoms. The smallest absolute Gasteiger partial charge is 0.198 e. The molecule has 0 spiro atoms. The van der Waals surface area contributed by atoms with Crippen LogP contribution < -0.4 is 0 Å². The molecule has 0 rings (SSSR count). The number of thiol groups is 1. The molecule has 0 nitrogen and oxygen atoms in total. The van der Waals surface area contributed by atoms with E-state index >= 15 is 0 Å². The lowest BCUT2D eigenvalue weighted by molar-refractivity contribution is 0.255. The Balaban J connectivity index is 0. The standard InChI is InChI=1S/CH2F2S.CH4/c2-1(3)4;/h1,4H;1H4. The van der Waals surface area contributed by atoms with Gasteiger partial charge in [0.05, 0.1) is 0 Å². The molecule has 0 aliphatic heterocycles. The van der Waals surface area contributed by atoms with Crippen LogP contribution in [0.15, 0.2) is 0 Å². The molecule has 0 fully saturated rings. The van der Waals surface area contributed by atoms with Crippen molar-refractivity contribution >= 4 is 12.6 Å². The molecule has 34 valence electrons. The molecule has 0 aliphatic carbocycles. The minimum Gasteiger partial charge on any atom is -0.198 e. The Kier molecular flexibility index (Phi) is 7.55. The summed E-state index contributed by atoms with van der Waals surface area (Å²) in [6.45, 7) is 0. The molecule has 0 saturated heterocycles. The van der Waals surface area contributed by atoms with Gasteiger partial charge < -0.3 is 0 Å².